The Morgan fingerprint density at radius 3 is 1.96 bits per heavy atom. The summed E-state index contributed by atoms with van der Waals surface area (Å²) < 4.78 is 0.959. The first-order chi connectivity index (χ1) is 11.4. The first kappa shape index (κ1) is 22.3. The monoisotopic (exact) mass is 353 g/mol. The fraction of sp³-hybridized carbons (Fsp3) is 0.905. The fourth-order valence-electron chi connectivity index (χ4n) is 4.39. The van der Waals surface area contributed by atoms with Crippen molar-refractivity contribution in [2.75, 3.05) is 46.3 Å². The lowest BCUT2D eigenvalue weighted by molar-refractivity contribution is -0.907. The summed E-state index contributed by atoms with van der Waals surface area (Å²) in [4.78, 5) is 25.7. The summed E-state index contributed by atoms with van der Waals surface area (Å²) in [7, 11) is 2.26. The molecule has 0 amide bonds. The molecule has 0 atom stereocenters. The largest absolute Gasteiger partial charge is 0.320 e. The van der Waals surface area contributed by atoms with Gasteiger partial charge in [0.15, 0.2) is 5.78 Å². The van der Waals surface area contributed by atoms with Gasteiger partial charge in [0.2, 0.25) is 0 Å². The van der Waals surface area contributed by atoms with Crippen molar-refractivity contribution in [1.29, 1.82) is 0 Å². The van der Waals surface area contributed by atoms with Gasteiger partial charge in [0.05, 0.1) is 26.7 Å². The Balaban J connectivity index is 0.00000312. The number of Topliss-reactive ketones (excluding diaryl/α,β-unsaturated/α-hetero) is 2. The number of hydrogen-bond acceptors (Lipinski definition) is 3. The van der Waals surface area contributed by atoms with Crippen LogP contribution in [-0.4, -0.2) is 67.3 Å². The maximum atomic E-state index is 11.8. The predicted octanol–water partition coefficient (Wildman–Crippen LogP) is 3.54. The second-order valence-corrected chi connectivity index (χ2v) is 8.41. The van der Waals surface area contributed by atoms with Crippen LogP contribution in [0.5, 0.6) is 0 Å². The van der Waals surface area contributed by atoms with Crippen molar-refractivity contribution < 1.29 is 14.1 Å². The number of likely N-dealkylation sites (tertiary alicyclic amines) is 2. The minimum Gasteiger partial charge on any atom is -0.320 e. The van der Waals surface area contributed by atoms with Crippen LogP contribution < -0.4 is 0 Å². The third-order valence-electron chi connectivity index (χ3n) is 6.27. The van der Waals surface area contributed by atoms with Gasteiger partial charge in [0, 0.05) is 12.8 Å². The van der Waals surface area contributed by atoms with Crippen LogP contribution in [-0.2, 0) is 9.59 Å². The SMILES string of the molecule is C.CCC(=O)CN1CCC(CC2CC[N+](C)(CC(=O)CC)CC2)CC1. The Morgan fingerprint density at radius 1 is 0.920 bits per heavy atom. The van der Waals surface area contributed by atoms with E-state index < -0.39 is 0 Å². The summed E-state index contributed by atoms with van der Waals surface area (Å²) in [5.41, 5.74) is 0. The Hall–Kier alpha value is -0.740. The third kappa shape index (κ3) is 7.18. The molecule has 2 heterocycles. The number of rotatable bonds is 8. The summed E-state index contributed by atoms with van der Waals surface area (Å²) in [6, 6.07) is 0. The van der Waals surface area contributed by atoms with Crippen molar-refractivity contribution in [2.24, 2.45) is 11.8 Å². The predicted molar refractivity (Wildman–Crippen MR) is 105 cm³/mol. The first-order valence-electron chi connectivity index (χ1n) is 10.0. The number of ketones is 2. The van der Waals surface area contributed by atoms with Gasteiger partial charge in [-0.15, -0.1) is 0 Å². The molecule has 0 aliphatic carbocycles. The number of quaternary nitrogens is 1. The molecule has 2 aliphatic heterocycles. The van der Waals surface area contributed by atoms with Crippen LogP contribution in [0.15, 0.2) is 0 Å². The Morgan fingerprint density at radius 2 is 1.44 bits per heavy atom. The zero-order valence-electron chi connectivity index (χ0n) is 16.1. The summed E-state index contributed by atoms with van der Waals surface area (Å²) >= 11 is 0. The maximum absolute atomic E-state index is 11.8. The number of nitrogens with zero attached hydrogens (tertiary/aromatic N) is 2. The van der Waals surface area contributed by atoms with Crippen LogP contribution in [0, 0.1) is 11.8 Å². The fourth-order valence-corrected chi connectivity index (χ4v) is 4.39. The number of hydrogen-bond donors (Lipinski definition) is 0. The molecule has 2 aliphatic rings. The molecule has 146 valence electrons. The lowest BCUT2D eigenvalue weighted by Gasteiger charge is -2.41. The van der Waals surface area contributed by atoms with E-state index in [2.05, 4.69) is 11.9 Å². The summed E-state index contributed by atoms with van der Waals surface area (Å²) in [6.45, 7) is 9.85. The molecule has 0 saturated carbocycles. The molecule has 0 aromatic heterocycles. The van der Waals surface area contributed by atoms with Gasteiger partial charge in [-0.3, -0.25) is 14.5 Å². The van der Waals surface area contributed by atoms with Crippen molar-refractivity contribution in [3.63, 3.8) is 0 Å². The topological polar surface area (TPSA) is 37.4 Å². The molecule has 2 rings (SSSR count). The van der Waals surface area contributed by atoms with Gasteiger partial charge in [-0.1, -0.05) is 21.3 Å². The average Bonchev–Trinajstić information content (AvgIpc) is 2.58. The van der Waals surface area contributed by atoms with Crippen LogP contribution in [0.3, 0.4) is 0 Å². The summed E-state index contributed by atoms with van der Waals surface area (Å²) in [5, 5.41) is 0. The molecule has 2 fully saturated rings. The summed E-state index contributed by atoms with van der Waals surface area (Å²) in [6.07, 6.45) is 7.78. The van der Waals surface area contributed by atoms with E-state index in [9.17, 15) is 9.59 Å². The lowest BCUT2D eigenvalue weighted by Crippen LogP contribution is -2.52. The highest BCUT2D eigenvalue weighted by Gasteiger charge is 2.33. The van der Waals surface area contributed by atoms with E-state index in [1.165, 1.54) is 45.2 Å². The van der Waals surface area contributed by atoms with Gasteiger partial charge < -0.3 is 4.48 Å². The second-order valence-electron chi connectivity index (χ2n) is 8.41. The van der Waals surface area contributed by atoms with E-state index in [0.29, 0.717) is 31.0 Å². The van der Waals surface area contributed by atoms with Gasteiger partial charge in [-0.25, -0.2) is 0 Å². The van der Waals surface area contributed by atoms with Crippen molar-refractivity contribution in [3.05, 3.63) is 0 Å². The smallest absolute Gasteiger partial charge is 0.186 e. The van der Waals surface area contributed by atoms with E-state index in [1.54, 1.807) is 0 Å². The zero-order chi connectivity index (χ0) is 17.6. The number of piperidine rings is 2. The van der Waals surface area contributed by atoms with E-state index in [-0.39, 0.29) is 7.43 Å². The van der Waals surface area contributed by atoms with Gasteiger partial charge in [0.25, 0.3) is 0 Å². The molecule has 0 bridgehead atoms. The highest BCUT2D eigenvalue weighted by Crippen LogP contribution is 2.31. The Labute approximate surface area is 155 Å². The normalized spacial score (nSPS) is 28.4. The zero-order valence-corrected chi connectivity index (χ0v) is 16.1. The van der Waals surface area contributed by atoms with Crippen molar-refractivity contribution in [3.8, 4) is 0 Å². The number of carbonyl (C=O) groups is 2. The quantitative estimate of drug-likeness (QED) is 0.626. The van der Waals surface area contributed by atoms with Crippen LogP contribution >= 0.6 is 0 Å². The van der Waals surface area contributed by atoms with E-state index >= 15 is 0 Å². The standard InChI is InChI=1S/C20H37N2O2.CH4/c1-4-19(23)15-21-10-6-17(7-11-21)14-18-8-12-22(3,13-9-18)16-20(24)5-2;/h17-18H,4-16H2,1-3H3;1H4/q+1;. The van der Waals surface area contributed by atoms with Crippen LogP contribution in [0.2, 0.25) is 0 Å². The molecule has 0 radical (unpaired) electrons. The number of likely N-dealkylation sites (N-methyl/N-ethyl adjacent to an activating group) is 1. The van der Waals surface area contributed by atoms with Crippen molar-refractivity contribution in [1.82, 2.24) is 4.90 Å². The van der Waals surface area contributed by atoms with Gasteiger partial charge in [0.1, 0.15) is 12.3 Å². The molecular formula is C21H41N2O2+. The van der Waals surface area contributed by atoms with Gasteiger partial charge >= 0.3 is 0 Å². The highest BCUT2D eigenvalue weighted by molar-refractivity contribution is 5.80. The lowest BCUT2D eigenvalue weighted by atomic mass is 9.82. The van der Waals surface area contributed by atoms with Gasteiger partial charge in [-0.2, -0.15) is 0 Å². The van der Waals surface area contributed by atoms with Crippen molar-refractivity contribution >= 4 is 11.6 Å². The molecule has 25 heavy (non-hydrogen) atoms. The van der Waals surface area contributed by atoms with Crippen LogP contribution in [0.4, 0.5) is 0 Å². The van der Waals surface area contributed by atoms with E-state index in [4.69, 9.17) is 0 Å². The average molecular weight is 354 g/mol. The number of carbonyl (C=O) groups excluding carboxylic acids is 2. The summed E-state index contributed by atoms with van der Waals surface area (Å²) in [5.74, 6) is 2.48. The molecule has 0 N–H and O–H groups in total. The Bertz CT molecular complexity index is 420. The van der Waals surface area contributed by atoms with Crippen LogP contribution in [0.1, 0.15) is 66.2 Å². The van der Waals surface area contributed by atoms with E-state index in [1.807, 2.05) is 13.8 Å². The van der Waals surface area contributed by atoms with Crippen molar-refractivity contribution in [2.45, 2.75) is 66.2 Å². The minimum atomic E-state index is 0. The molecule has 4 nitrogen and oxygen atoms in total. The van der Waals surface area contributed by atoms with E-state index in [0.717, 1.165) is 36.0 Å². The first-order valence-corrected chi connectivity index (χ1v) is 10.0. The molecule has 4 heteroatoms. The molecule has 0 unspecified atom stereocenters. The molecule has 2 saturated heterocycles. The Kier molecular flexibility index (Phi) is 9.29. The second kappa shape index (κ2) is 10.4. The minimum absolute atomic E-state index is 0. The highest BCUT2D eigenvalue weighted by atomic mass is 16.1. The van der Waals surface area contributed by atoms with Crippen LogP contribution in [0.25, 0.3) is 0 Å². The molecule has 0 aromatic rings. The third-order valence-corrected chi connectivity index (χ3v) is 6.27. The molecule has 0 aromatic carbocycles. The molecular weight excluding hydrogens is 312 g/mol. The maximum Gasteiger partial charge on any atom is 0.186 e. The van der Waals surface area contributed by atoms with Gasteiger partial charge in [-0.05, 0) is 57.0 Å². The molecule has 0 spiro atoms.